The first kappa shape index (κ1) is 30.2. The Morgan fingerprint density at radius 1 is 0.886 bits per heavy atom. The molecule has 0 bridgehead atoms. The van der Waals surface area contributed by atoms with E-state index in [9.17, 15) is 29.4 Å². The Bertz CT molecular complexity index is 866. The van der Waals surface area contributed by atoms with Gasteiger partial charge in [-0.05, 0) is 36.0 Å². The smallest absolute Gasteiger partial charge is 0.326 e. The summed E-state index contributed by atoms with van der Waals surface area (Å²) < 4.78 is 0. The van der Waals surface area contributed by atoms with Crippen molar-refractivity contribution in [2.24, 2.45) is 17.6 Å². The number of carbonyl (C=O) groups excluding carboxylic acids is 3. The summed E-state index contributed by atoms with van der Waals surface area (Å²) >= 11 is 4.14. The van der Waals surface area contributed by atoms with E-state index in [0.29, 0.717) is 12.8 Å². The molecular weight excluding hydrogens is 472 g/mol. The SMILES string of the molecule is CCC(C)C(NC(=O)C(CS)NC(=O)C(NC(=O)C(N)Cc1ccc(O)cc1)C(C)CC)C(=O)O. The summed E-state index contributed by atoms with van der Waals surface area (Å²) in [6, 6.07) is 2.21. The lowest BCUT2D eigenvalue weighted by Crippen LogP contribution is -2.59. The summed E-state index contributed by atoms with van der Waals surface area (Å²) in [4.78, 5) is 50.0. The molecule has 0 radical (unpaired) electrons. The van der Waals surface area contributed by atoms with Crippen LogP contribution in [0, 0.1) is 11.8 Å². The molecule has 6 atom stereocenters. The van der Waals surface area contributed by atoms with Gasteiger partial charge in [-0.2, -0.15) is 12.6 Å². The number of phenolic OH excluding ortho intramolecular Hbond substituents is 1. The first-order valence-corrected chi connectivity index (χ1v) is 12.4. The van der Waals surface area contributed by atoms with Gasteiger partial charge in [-0.15, -0.1) is 0 Å². The van der Waals surface area contributed by atoms with Gasteiger partial charge >= 0.3 is 5.97 Å². The number of nitrogens with one attached hydrogen (secondary N) is 3. The number of hydrogen-bond acceptors (Lipinski definition) is 7. The molecule has 6 unspecified atom stereocenters. The first-order valence-electron chi connectivity index (χ1n) is 11.7. The van der Waals surface area contributed by atoms with Gasteiger partial charge < -0.3 is 31.9 Å². The van der Waals surface area contributed by atoms with E-state index in [2.05, 4.69) is 28.6 Å². The van der Waals surface area contributed by atoms with Crippen molar-refractivity contribution in [3.63, 3.8) is 0 Å². The van der Waals surface area contributed by atoms with E-state index < -0.39 is 47.9 Å². The predicted molar refractivity (Wildman–Crippen MR) is 136 cm³/mol. The lowest BCUT2D eigenvalue weighted by Gasteiger charge is -2.28. The number of carboxylic acid groups (broad SMARTS) is 1. The second kappa shape index (κ2) is 14.6. The Hall–Kier alpha value is -2.79. The molecular formula is C24H38N4O6S. The highest BCUT2D eigenvalue weighted by Gasteiger charge is 2.33. The fraction of sp³-hybridized carbons (Fsp3) is 0.583. The minimum atomic E-state index is -1.16. The van der Waals surface area contributed by atoms with Crippen molar-refractivity contribution in [1.29, 1.82) is 0 Å². The summed E-state index contributed by atoms with van der Waals surface area (Å²) in [5.74, 6) is -3.50. The van der Waals surface area contributed by atoms with Gasteiger partial charge in [0.05, 0.1) is 6.04 Å². The molecule has 3 amide bonds. The quantitative estimate of drug-likeness (QED) is 0.182. The number of benzene rings is 1. The Kier molecular flexibility index (Phi) is 12.6. The molecule has 11 heteroatoms. The Morgan fingerprint density at radius 3 is 1.89 bits per heavy atom. The van der Waals surface area contributed by atoms with E-state index in [1.165, 1.54) is 12.1 Å². The second-order valence-electron chi connectivity index (χ2n) is 8.80. The van der Waals surface area contributed by atoms with Crippen LogP contribution in [-0.4, -0.2) is 63.8 Å². The third-order valence-electron chi connectivity index (χ3n) is 6.11. The standard InChI is InChI=1S/C24H38N4O6S/c1-5-13(3)19(27-21(30)17(25)11-15-7-9-16(29)10-8-15)23(32)26-18(12-35)22(31)28-20(24(33)34)14(4)6-2/h7-10,13-14,17-20,29,35H,5-6,11-12,25H2,1-4H3,(H,26,32)(H,27,30)(H,28,31)(H,33,34). The average Bonchev–Trinajstić information content (AvgIpc) is 2.83. The van der Waals surface area contributed by atoms with Crippen LogP contribution in [-0.2, 0) is 25.6 Å². The van der Waals surface area contributed by atoms with Crippen LogP contribution in [0.5, 0.6) is 5.75 Å². The molecule has 0 aliphatic rings. The van der Waals surface area contributed by atoms with Gasteiger partial charge in [-0.1, -0.05) is 52.7 Å². The van der Waals surface area contributed by atoms with Crippen LogP contribution in [0.25, 0.3) is 0 Å². The summed E-state index contributed by atoms with van der Waals surface area (Å²) in [5, 5.41) is 26.6. The maximum atomic E-state index is 13.1. The molecule has 0 spiro atoms. The van der Waals surface area contributed by atoms with Crippen molar-refractivity contribution >= 4 is 36.3 Å². The van der Waals surface area contributed by atoms with Gasteiger partial charge in [0, 0.05) is 5.75 Å². The van der Waals surface area contributed by atoms with E-state index in [-0.39, 0.29) is 29.8 Å². The number of phenols is 1. The topological polar surface area (TPSA) is 171 Å². The van der Waals surface area contributed by atoms with Gasteiger partial charge in [0.15, 0.2) is 0 Å². The Labute approximate surface area is 211 Å². The van der Waals surface area contributed by atoms with Crippen molar-refractivity contribution in [2.45, 2.75) is 71.1 Å². The summed E-state index contributed by atoms with van der Waals surface area (Å²) in [5.41, 5.74) is 6.79. The molecule has 1 aromatic carbocycles. The van der Waals surface area contributed by atoms with Crippen LogP contribution >= 0.6 is 12.6 Å². The van der Waals surface area contributed by atoms with Gasteiger partial charge in [-0.25, -0.2) is 4.79 Å². The molecule has 0 fully saturated rings. The molecule has 0 aliphatic heterocycles. The minimum absolute atomic E-state index is 0.0635. The van der Waals surface area contributed by atoms with Gasteiger partial charge in [0.1, 0.15) is 23.9 Å². The minimum Gasteiger partial charge on any atom is -0.508 e. The number of hydrogen-bond donors (Lipinski definition) is 7. The molecule has 0 aromatic heterocycles. The average molecular weight is 511 g/mol. The van der Waals surface area contributed by atoms with Crippen LogP contribution in [0.4, 0.5) is 0 Å². The highest BCUT2D eigenvalue weighted by atomic mass is 32.1. The van der Waals surface area contributed by atoms with Crippen molar-refractivity contribution in [1.82, 2.24) is 16.0 Å². The maximum absolute atomic E-state index is 13.1. The second-order valence-corrected chi connectivity index (χ2v) is 9.17. The number of aliphatic carboxylic acids is 1. The van der Waals surface area contributed by atoms with Crippen LogP contribution in [0.3, 0.4) is 0 Å². The first-order chi connectivity index (χ1) is 16.4. The molecule has 1 aromatic rings. The third kappa shape index (κ3) is 9.41. The van der Waals surface area contributed by atoms with E-state index in [1.807, 2.05) is 13.8 Å². The zero-order valence-electron chi connectivity index (χ0n) is 20.7. The fourth-order valence-corrected chi connectivity index (χ4v) is 3.59. The molecule has 1 rings (SSSR count). The molecule has 35 heavy (non-hydrogen) atoms. The lowest BCUT2D eigenvalue weighted by molar-refractivity contribution is -0.143. The highest BCUT2D eigenvalue weighted by molar-refractivity contribution is 7.80. The van der Waals surface area contributed by atoms with E-state index in [1.54, 1.807) is 26.0 Å². The third-order valence-corrected chi connectivity index (χ3v) is 6.48. The van der Waals surface area contributed by atoms with Crippen molar-refractivity contribution < 1.29 is 29.4 Å². The van der Waals surface area contributed by atoms with Crippen LogP contribution in [0.15, 0.2) is 24.3 Å². The van der Waals surface area contributed by atoms with Crippen LogP contribution in [0.1, 0.15) is 46.1 Å². The normalized spacial score (nSPS) is 16.2. The molecule has 0 aliphatic carbocycles. The van der Waals surface area contributed by atoms with Crippen LogP contribution < -0.4 is 21.7 Å². The molecule has 0 heterocycles. The summed E-state index contributed by atoms with van der Waals surface area (Å²) in [6.45, 7) is 7.18. The monoisotopic (exact) mass is 510 g/mol. The number of carboxylic acids is 1. The summed E-state index contributed by atoms with van der Waals surface area (Å²) in [6.07, 6.45) is 1.31. The fourth-order valence-electron chi connectivity index (χ4n) is 3.33. The van der Waals surface area contributed by atoms with E-state index in [0.717, 1.165) is 5.56 Å². The summed E-state index contributed by atoms with van der Waals surface area (Å²) in [7, 11) is 0. The zero-order chi connectivity index (χ0) is 26.7. The lowest BCUT2D eigenvalue weighted by atomic mass is 9.96. The predicted octanol–water partition coefficient (Wildman–Crippen LogP) is 0.823. The van der Waals surface area contributed by atoms with Crippen LogP contribution in [0.2, 0.25) is 0 Å². The van der Waals surface area contributed by atoms with Crippen molar-refractivity contribution in [3.05, 3.63) is 29.8 Å². The molecule has 196 valence electrons. The number of carbonyl (C=O) groups is 4. The Morgan fingerprint density at radius 2 is 1.40 bits per heavy atom. The number of thiol groups is 1. The number of nitrogens with two attached hydrogens (primary N) is 1. The van der Waals surface area contributed by atoms with E-state index >= 15 is 0 Å². The number of aromatic hydroxyl groups is 1. The molecule has 0 saturated carbocycles. The van der Waals surface area contributed by atoms with E-state index in [4.69, 9.17) is 5.73 Å². The Balaban J connectivity index is 2.89. The van der Waals surface area contributed by atoms with Gasteiger partial charge in [0.25, 0.3) is 0 Å². The highest BCUT2D eigenvalue weighted by Crippen LogP contribution is 2.13. The van der Waals surface area contributed by atoms with Crippen molar-refractivity contribution in [2.75, 3.05) is 5.75 Å². The largest absolute Gasteiger partial charge is 0.508 e. The van der Waals surface area contributed by atoms with Gasteiger partial charge in [-0.3, -0.25) is 14.4 Å². The van der Waals surface area contributed by atoms with Crippen molar-refractivity contribution in [3.8, 4) is 5.75 Å². The number of rotatable bonds is 14. The molecule has 10 nitrogen and oxygen atoms in total. The van der Waals surface area contributed by atoms with Gasteiger partial charge in [0.2, 0.25) is 17.7 Å². The zero-order valence-corrected chi connectivity index (χ0v) is 21.5. The molecule has 7 N–H and O–H groups in total. The maximum Gasteiger partial charge on any atom is 0.326 e. The number of amides is 3. The molecule has 0 saturated heterocycles.